The maximum atomic E-state index is 11.7. The highest BCUT2D eigenvalue weighted by atomic mass is 16.5. The highest BCUT2D eigenvalue weighted by Gasteiger charge is 2.13. The summed E-state index contributed by atoms with van der Waals surface area (Å²) in [5.41, 5.74) is 0.651. The molecule has 0 saturated heterocycles. The van der Waals surface area contributed by atoms with E-state index in [4.69, 9.17) is 5.11 Å². The van der Waals surface area contributed by atoms with Crippen molar-refractivity contribution < 1.29 is 19.5 Å². The number of phenols is 2. The Morgan fingerprint density at radius 1 is 1.31 bits per heavy atom. The zero-order chi connectivity index (χ0) is 11.5. The van der Waals surface area contributed by atoms with Crippen LogP contribution in [0.15, 0.2) is 35.1 Å². The maximum absolute atomic E-state index is 11.7. The van der Waals surface area contributed by atoms with Gasteiger partial charge in [-0.15, -0.1) is 0 Å². The van der Waals surface area contributed by atoms with Crippen LogP contribution < -0.4 is 0 Å². The van der Waals surface area contributed by atoms with Gasteiger partial charge in [0.25, 0.3) is 0 Å². The van der Waals surface area contributed by atoms with Crippen molar-refractivity contribution in [2.24, 2.45) is 0 Å². The molecule has 0 radical (unpaired) electrons. The van der Waals surface area contributed by atoms with Gasteiger partial charge in [0.2, 0.25) is 0 Å². The van der Waals surface area contributed by atoms with E-state index in [1.165, 1.54) is 18.4 Å². The molecule has 0 amide bonds. The van der Waals surface area contributed by atoms with Gasteiger partial charge in [-0.25, -0.2) is 0 Å². The minimum atomic E-state index is -0.286. The fraction of sp³-hybridized carbons (Fsp3) is 0.0909. The Balaban J connectivity index is 2.21. The smallest absolute Gasteiger partial charge is 0.172 e. The van der Waals surface area contributed by atoms with Crippen LogP contribution in [-0.4, -0.2) is 21.2 Å². The third-order valence-corrected chi connectivity index (χ3v) is 2.11. The van der Waals surface area contributed by atoms with E-state index >= 15 is 0 Å². The predicted octanol–water partition coefficient (Wildman–Crippen LogP) is 1.51. The van der Waals surface area contributed by atoms with Crippen molar-refractivity contribution >= 4 is 5.78 Å². The first kappa shape index (κ1) is 10.2. The van der Waals surface area contributed by atoms with Crippen LogP contribution in [0.2, 0.25) is 0 Å². The van der Waals surface area contributed by atoms with Gasteiger partial charge in [0.15, 0.2) is 5.78 Å². The quantitative estimate of drug-likeness (QED) is 0.764. The van der Waals surface area contributed by atoms with E-state index < -0.39 is 0 Å². The Hall–Kier alpha value is -2.30. The normalized spacial score (nSPS) is 10.2. The van der Waals surface area contributed by atoms with Gasteiger partial charge in [-0.2, -0.15) is 0 Å². The van der Waals surface area contributed by atoms with Gasteiger partial charge in [-0.1, -0.05) is 5.16 Å². The molecule has 0 aliphatic rings. The molecular formula is C11H9NO4. The molecule has 0 spiro atoms. The third kappa shape index (κ3) is 2.03. The summed E-state index contributed by atoms with van der Waals surface area (Å²) in [6.07, 6.45) is 1.42. The molecule has 2 rings (SSSR count). The Morgan fingerprint density at radius 3 is 2.75 bits per heavy atom. The Bertz CT molecular complexity index is 505. The molecule has 5 heteroatoms. The molecule has 0 aliphatic heterocycles. The molecular weight excluding hydrogens is 210 g/mol. The van der Waals surface area contributed by atoms with Gasteiger partial charge in [0.05, 0.1) is 17.7 Å². The second-order valence-electron chi connectivity index (χ2n) is 3.29. The van der Waals surface area contributed by atoms with E-state index in [2.05, 4.69) is 9.68 Å². The Morgan fingerprint density at radius 2 is 2.12 bits per heavy atom. The van der Waals surface area contributed by atoms with Crippen LogP contribution in [0, 0.1) is 0 Å². The molecule has 2 aromatic rings. The van der Waals surface area contributed by atoms with Crippen LogP contribution in [-0.2, 0) is 6.42 Å². The highest BCUT2D eigenvalue weighted by molar-refractivity contribution is 5.99. The lowest BCUT2D eigenvalue weighted by Gasteiger charge is -2.02. The number of nitrogens with zero attached hydrogens (tertiary/aromatic N) is 1. The van der Waals surface area contributed by atoms with Crippen LogP contribution in [0.25, 0.3) is 0 Å². The molecule has 0 aliphatic carbocycles. The first-order valence-corrected chi connectivity index (χ1v) is 4.61. The lowest BCUT2D eigenvalue weighted by Crippen LogP contribution is -2.03. The topological polar surface area (TPSA) is 83.6 Å². The van der Waals surface area contributed by atoms with Crippen molar-refractivity contribution in [2.45, 2.75) is 6.42 Å². The summed E-state index contributed by atoms with van der Waals surface area (Å²) in [6, 6.07) is 5.41. The number of carbonyl (C=O) groups is 1. The Kier molecular flexibility index (Phi) is 2.59. The summed E-state index contributed by atoms with van der Waals surface area (Å²) in [4.78, 5) is 11.7. The van der Waals surface area contributed by atoms with Gasteiger partial charge in [-0.05, 0) is 12.1 Å². The van der Waals surface area contributed by atoms with Gasteiger partial charge in [-0.3, -0.25) is 4.79 Å². The number of benzene rings is 1. The molecule has 1 aromatic heterocycles. The number of Topliss-reactive ketones (excluding diaryl/α,β-unsaturated/α-hetero) is 1. The minimum absolute atomic E-state index is 0.0504. The van der Waals surface area contributed by atoms with Crippen LogP contribution in [0.1, 0.15) is 16.1 Å². The first-order valence-electron chi connectivity index (χ1n) is 4.61. The highest BCUT2D eigenvalue weighted by Crippen LogP contribution is 2.23. The largest absolute Gasteiger partial charge is 0.508 e. The predicted molar refractivity (Wildman–Crippen MR) is 54.3 cm³/mol. The summed E-state index contributed by atoms with van der Waals surface area (Å²) >= 11 is 0. The summed E-state index contributed by atoms with van der Waals surface area (Å²) < 4.78 is 4.60. The van der Waals surface area contributed by atoms with E-state index in [0.29, 0.717) is 5.69 Å². The first-order chi connectivity index (χ1) is 7.66. The molecule has 5 nitrogen and oxygen atoms in total. The van der Waals surface area contributed by atoms with E-state index in [1.807, 2.05) is 0 Å². The SMILES string of the molecule is O=C(Cc1ccon1)c1ccc(O)cc1O. The van der Waals surface area contributed by atoms with E-state index in [0.717, 1.165) is 6.07 Å². The minimum Gasteiger partial charge on any atom is -0.508 e. The molecule has 82 valence electrons. The monoisotopic (exact) mass is 219 g/mol. The second-order valence-corrected chi connectivity index (χ2v) is 3.29. The van der Waals surface area contributed by atoms with Crippen LogP contribution in [0.4, 0.5) is 0 Å². The standard InChI is InChI=1S/C11H9NO4/c13-8-1-2-9(11(15)6-8)10(14)5-7-3-4-16-12-7/h1-4,6,13,15H,5H2. The number of hydrogen-bond donors (Lipinski definition) is 2. The van der Waals surface area contributed by atoms with Crippen molar-refractivity contribution in [3.63, 3.8) is 0 Å². The van der Waals surface area contributed by atoms with Crippen molar-refractivity contribution in [1.82, 2.24) is 5.16 Å². The molecule has 0 fully saturated rings. The summed E-state index contributed by atoms with van der Waals surface area (Å²) in [5, 5.41) is 22.1. The third-order valence-electron chi connectivity index (χ3n) is 2.11. The number of aromatic nitrogens is 1. The van der Waals surface area contributed by atoms with Crippen molar-refractivity contribution in [1.29, 1.82) is 0 Å². The molecule has 0 saturated carbocycles. The number of carbonyl (C=O) groups excluding carboxylic acids is 1. The molecule has 1 heterocycles. The zero-order valence-corrected chi connectivity index (χ0v) is 8.25. The van der Waals surface area contributed by atoms with Gasteiger partial charge < -0.3 is 14.7 Å². The number of rotatable bonds is 3. The van der Waals surface area contributed by atoms with Gasteiger partial charge in [0, 0.05) is 12.1 Å². The lowest BCUT2D eigenvalue weighted by atomic mass is 10.1. The van der Waals surface area contributed by atoms with Crippen molar-refractivity contribution in [2.75, 3.05) is 0 Å². The van der Waals surface area contributed by atoms with Gasteiger partial charge in [0.1, 0.15) is 17.8 Å². The Labute approximate surface area is 90.9 Å². The van der Waals surface area contributed by atoms with Crippen LogP contribution >= 0.6 is 0 Å². The molecule has 0 unspecified atom stereocenters. The molecule has 16 heavy (non-hydrogen) atoms. The summed E-state index contributed by atoms with van der Waals surface area (Å²) in [7, 11) is 0. The fourth-order valence-electron chi connectivity index (χ4n) is 1.34. The zero-order valence-electron chi connectivity index (χ0n) is 8.25. The van der Waals surface area contributed by atoms with Crippen molar-refractivity contribution in [3.8, 4) is 11.5 Å². The van der Waals surface area contributed by atoms with Crippen LogP contribution in [0.3, 0.4) is 0 Å². The second kappa shape index (κ2) is 4.06. The molecule has 2 N–H and O–H groups in total. The average Bonchev–Trinajstić information content (AvgIpc) is 2.70. The van der Waals surface area contributed by atoms with E-state index in [1.54, 1.807) is 6.07 Å². The maximum Gasteiger partial charge on any atom is 0.172 e. The van der Waals surface area contributed by atoms with Gasteiger partial charge >= 0.3 is 0 Å². The molecule has 1 aromatic carbocycles. The lowest BCUT2D eigenvalue weighted by molar-refractivity contribution is 0.0988. The van der Waals surface area contributed by atoms with E-state index in [-0.39, 0.29) is 29.3 Å². The number of phenolic OH excluding ortho intramolecular Hbond substituents is 2. The number of hydrogen-bond acceptors (Lipinski definition) is 5. The molecule has 0 atom stereocenters. The molecule has 0 bridgehead atoms. The summed E-state index contributed by atoms with van der Waals surface area (Å²) in [6.45, 7) is 0. The number of ketones is 1. The summed E-state index contributed by atoms with van der Waals surface area (Å²) in [5.74, 6) is -0.615. The van der Waals surface area contributed by atoms with E-state index in [9.17, 15) is 9.90 Å². The van der Waals surface area contributed by atoms with Crippen molar-refractivity contribution in [3.05, 3.63) is 41.8 Å². The number of aromatic hydroxyl groups is 2. The fourth-order valence-corrected chi connectivity index (χ4v) is 1.34. The average molecular weight is 219 g/mol. The van der Waals surface area contributed by atoms with Crippen LogP contribution in [0.5, 0.6) is 11.5 Å².